The van der Waals surface area contributed by atoms with E-state index in [4.69, 9.17) is 0 Å². The molecule has 0 aliphatic heterocycles. The van der Waals surface area contributed by atoms with Gasteiger partial charge in [0.25, 0.3) is 0 Å². The van der Waals surface area contributed by atoms with E-state index in [1.807, 2.05) is 7.05 Å². The third-order valence-electron chi connectivity index (χ3n) is 2.59. The molecular weight excluding hydrogens is 298 g/mol. The molecule has 0 bridgehead atoms. The molecule has 0 saturated heterocycles. The Labute approximate surface area is 113 Å². The van der Waals surface area contributed by atoms with E-state index in [-0.39, 0.29) is 0 Å². The number of aromatic nitrogens is 2. The van der Waals surface area contributed by atoms with Crippen molar-refractivity contribution in [1.29, 1.82) is 0 Å². The van der Waals surface area contributed by atoms with Crippen LogP contribution in [0.1, 0.15) is 18.2 Å². The Bertz CT molecular complexity index is 511. The molecule has 0 aliphatic rings. The zero-order valence-corrected chi connectivity index (χ0v) is 12.4. The summed E-state index contributed by atoms with van der Waals surface area (Å²) < 4.78 is 0.958. The number of nitrogens with one attached hydrogen (secondary N) is 1. The van der Waals surface area contributed by atoms with Gasteiger partial charge in [0.15, 0.2) is 5.82 Å². The van der Waals surface area contributed by atoms with Crippen molar-refractivity contribution in [2.24, 2.45) is 0 Å². The van der Waals surface area contributed by atoms with Gasteiger partial charge in [-0.2, -0.15) is 11.3 Å². The number of thiophene rings is 1. The molecule has 0 aliphatic carbocycles. The normalized spacial score (nSPS) is 10.6. The van der Waals surface area contributed by atoms with Crippen molar-refractivity contribution in [1.82, 2.24) is 9.97 Å². The Morgan fingerprint density at radius 2 is 2.12 bits per heavy atom. The van der Waals surface area contributed by atoms with E-state index in [1.165, 1.54) is 5.56 Å². The van der Waals surface area contributed by atoms with Gasteiger partial charge in [-0.05, 0) is 40.2 Å². The first-order valence-electron chi connectivity index (χ1n) is 5.44. The van der Waals surface area contributed by atoms with Gasteiger partial charge in [-0.3, -0.25) is 0 Å². The lowest BCUT2D eigenvalue weighted by atomic mass is 10.2. The number of anilines is 1. The van der Waals surface area contributed by atoms with Crippen LogP contribution in [0.3, 0.4) is 0 Å². The summed E-state index contributed by atoms with van der Waals surface area (Å²) in [6.45, 7) is 4.18. The molecule has 0 atom stereocenters. The number of hydrogen-bond acceptors (Lipinski definition) is 4. The zero-order valence-electron chi connectivity index (χ0n) is 10.0. The summed E-state index contributed by atoms with van der Waals surface area (Å²) in [5.41, 5.74) is 3.38. The fourth-order valence-electron chi connectivity index (χ4n) is 1.60. The molecule has 17 heavy (non-hydrogen) atoms. The third-order valence-corrected chi connectivity index (χ3v) is 4.28. The molecule has 2 aromatic rings. The minimum absolute atomic E-state index is 0.799. The van der Waals surface area contributed by atoms with Gasteiger partial charge in [0.1, 0.15) is 5.82 Å². The highest BCUT2D eigenvalue weighted by atomic mass is 79.9. The molecule has 3 nitrogen and oxygen atoms in total. The maximum absolute atomic E-state index is 4.61. The van der Waals surface area contributed by atoms with Crippen molar-refractivity contribution in [2.45, 2.75) is 20.3 Å². The average Bonchev–Trinajstić information content (AvgIpc) is 2.76. The molecule has 2 aromatic heterocycles. The first-order chi connectivity index (χ1) is 8.17. The standard InChI is InChI=1S/C12H14BrN3S/c1-4-9-10(13)12(14-3)16-11(15-9)8-6-17-5-7(8)2/h5-6H,4H2,1-3H3,(H,14,15,16). The second-order valence-corrected chi connectivity index (χ2v) is 5.27. The van der Waals surface area contributed by atoms with E-state index in [0.717, 1.165) is 33.8 Å². The molecule has 0 saturated carbocycles. The first-order valence-corrected chi connectivity index (χ1v) is 7.18. The Kier molecular flexibility index (Phi) is 3.79. The van der Waals surface area contributed by atoms with Gasteiger partial charge in [-0.15, -0.1) is 0 Å². The number of rotatable bonds is 3. The van der Waals surface area contributed by atoms with E-state index in [9.17, 15) is 0 Å². The predicted molar refractivity (Wildman–Crippen MR) is 76.7 cm³/mol. The van der Waals surface area contributed by atoms with E-state index >= 15 is 0 Å². The van der Waals surface area contributed by atoms with E-state index in [1.54, 1.807) is 11.3 Å². The summed E-state index contributed by atoms with van der Waals surface area (Å²) in [5.74, 6) is 1.64. The topological polar surface area (TPSA) is 37.8 Å². The number of halogens is 1. The quantitative estimate of drug-likeness (QED) is 0.934. The van der Waals surface area contributed by atoms with Gasteiger partial charge in [0, 0.05) is 18.0 Å². The zero-order chi connectivity index (χ0) is 12.4. The van der Waals surface area contributed by atoms with Crippen LogP contribution in [0.4, 0.5) is 5.82 Å². The monoisotopic (exact) mass is 311 g/mol. The Morgan fingerprint density at radius 1 is 1.35 bits per heavy atom. The van der Waals surface area contributed by atoms with Crippen LogP contribution in [-0.2, 0) is 6.42 Å². The minimum Gasteiger partial charge on any atom is -0.372 e. The maximum atomic E-state index is 4.61. The van der Waals surface area contributed by atoms with Gasteiger partial charge in [0.2, 0.25) is 0 Å². The highest BCUT2D eigenvalue weighted by Gasteiger charge is 2.13. The molecule has 0 spiro atoms. The molecule has 2 heterocycles. The Morgan fingerprint density at radius 3 is 2.65 bits per heavy atom. The number of hydrogen-bond donors (Lipinski definition) is 1. The molecule has 1 N–H and O–H groups in total. The minimum atomic E-state index is 0.799. The van der Waals surface area contributed by atoms with Crippen molar-refractivity contribution in [3.63, 3.8) is 0 Å². The lowest BCUT2D eigenvalue weighted by Crippen LogP contribution is -2.02. The lowest BCUT2D eigenvalue weighted by Gasteiger charge is -2.09. The number of aryl methyl sites for hydroxylation is 2. The molecule has 0 radical (unpaired) electrons. The third kappa shape index (κ3) is 2.35. The smallest absolute Gasteiger partial charge is 0.162 e. The Balaban J connectivity index is 2.60. The maximum Gasteiger partial charge on any atom is 0.162 e. The lowest BCUT2D eigenvalue weighted by molar-refractivity contribution is 0.991. The van der Waals surface area contributed by atoms with Crippen LogP contribution in [0.2, 0.25) is 0 Å². The summed E-state index contributed by atoms with van der Waals surface area (Å²) in [4.78, 5) is 9.15. The molecule has 0 aromatic carbocycles. The van der Waals surface area contributed by atoms with Crippen molar-refractivity contribution in [3.05, 3.63) is 26.5 Å². The van der Waals surface area contributed by atoms with Crippen LogP contribution in [0.15, 0.2) is 15.2 Å². The highest BCUT2D eigenvalue weighted by Crippen LogP contribution is 2.30. The average molecular weight is 312 g/mol. The number of nitrogens with zero attached hydrogens (tertiary/aromatic N) is 2. The van der Waals surface area contributed by atoms with Gasteiger partial charge in [-0.1, -0.05) is 6.92 Å². The van der Waals surface area contributed by atoms with Crippen LogP contribution in [-0.4, -0.2) is 17.0 Å². The largest absolute Gasteiger partial charge is 0.372 e. The van der Waals surface area contributed by atoms with E-state index in [2.05, 4.69) is 55.8 Å². The molecular formula is C12H14BrN3S. The van der Waals surface area contributed by atoms with Gasteiger partial charge in [-0.25, -0.2) is 9.97 Å². The van der Waals surface area contributed by atoms with Crippen molar-refractivity contribution in [2.75, 3.05) is 12.4 Å². The molecule has 2 rings (SSSR count). The first kappa shape index (κ1) is 12.5. The van der Waals surface area contributed by atoms with Crippen molar-refractivity contribution in [3.8, 4) is 11.4 Å². The Hall–Kier alpha value is -0.940. The summed E-state index contributed by atoms with van der Waals surface area (Å²) >= 11 is 5.21. The van der Waals surface area contributed by atoms with Crippen LogP contribution in [0.5, 0.6) is 0 Å². The summed E-state index contributed by atoms with van der Waals surface area (Å²) in [7, 11) is 1.87. The summed E-state index contributed by atoms with van der Waals surface area (Å²) in [6.07, 6.45) is 0.883. The second-order valence-electron chi connectivity index (χ2n) is 3.73. The van der Waals surface area contributed by atoms with Crippen molar-refractivity contribution < 1.29 is 0 Å². The predicted octanol–water partition coefficient (Wildman–Crippen LogP) is 3.88. The highest BCUT2D eigenvalue weighted by molar-refractivity contribution is 9.10. The molecule has 0 fully saturated rings. The van der Waals surface area contributed by atoms with Gasteiger partial charge < -0.3 is 5.32 Å². The fraction of sp³-hybridized carbons (Fsp3) is 0.333. The van der Waals surface area contributed by atoms with Crippen LogP contribution < -0.4 is 5.32 Å². The van der Waals surface area contributed by atoms with Gasteiger partial charge in [0.05, 0.1) is 10.2 Å². The fourth-order valence-corrected chi connectivity index (χ4v) is 3.09. The summed E-state index contributed by atoms with van der Waals surface area (Å²) in [5, 5.41) is 7.31. The van der Waals surface area contributed by atoms with E-state index < -0.39 is 0 Å². The van der Waals surface area contributed by atoms with Crippen molar-refractivity contribution >= 4 is 33.1 Å². The molecule has 0 unspecified atom stereocenters. The molecule has 5 heteroatoms. The summed E-state index contributed by atoms with van der Waals surface area (Å²) in [6, 6.07) is 0. The molecule has 90 valence electrons. The van der Waals surface area contributed by atoms with Crippen LogP contribution in [0.25, 0.3) is 11.4 Å². The molecule has 0 amide bonds. The van der Waals surface area contributed by atoms with E-state index in [0.29, 0.717) is 0 Å². The second kappa shape index (κ2) is 5.14. The van der Waals surface area contributed by atoms with Gasteiger partial charge >= 0.3 is 0 Å². The van der Waals surface area contributed by atoms with Crippen LogP contribution >= 0.6 is 27.3 Å². The van der Waals surface area contributed by atoms with Crippen LogP contribution in [0, 0.1) is 6.92 Å². The SMILES string of the molecule is CCc1nc(-c2cscc2C)nc(NC)c1Br.